The van der Waals surface area contributed by atoms with Gasteiger partial charge >= 0.3 is 0 Å². The number of methoxy groups -OCH3 is 1. The van der Waals surface area contributed by atoms with E-state index in [1.807, 2.05) is 6.07 Å². The van der Waals surface area contributed by atoms with Crippen molar-refractivity contribution in [2.75, 3.05) is 18.1 Å². The molecule has 1 aromatic carbocycles. The molecule has 2 aliphatic rings. The number of sulfonamides is 1. The van der Waals surface area contributed by atoms with E-state index in [1.54, 1.807) is 18.3 Å². The second-order valence-electron chi connectivity index (χ2n) is 7.01. The lowest BCUT2D eigenvalue weighted by atomic mass is 9.95. The predicted octanol–water partition coefficient (Wildman–Crippen LogP) is 2.30. The summed E-state index contributed by atoms with van der Waals surface area (Å²) < 4.78 is 37.0. The zero-order valence-electron chi connectivity index (χ0n) is 15.6. The third-order valence-corrected chi connectivity index (χ3v) is 5.49. The summed E-state index contributed by atoms with van der Waals surface area (Å²) in [5, 5.41) is 2.83. The number of aromatic nitrogens is 1. The van der Waals surface area contributed by atoms with Crippen molar-refractivity contribution in [2.45, 2.75) is 31.9 Å². The maximum atomic E-state index is 12.2. The van der Waals surface area contributed by atoms with E-state index in [-0.39, 0.29) is 23.6 Å². The number of fused-ring (bicyclic) bond motifs is 1. The van der Waals surface area contributed by atoms with Crippen molar-refractivity contribution in [1.29, 1.82) is 0 Å². The van der Waals surface area contributed by atoms with Gasteiger partial charge in [-0.05, 0) is 48.6 Å². The minimum absolute atomic E-state index is 0.147. The number of hydrogen-bond donors (Lipinski definition) is 2. The fourth-order valence-electron chi connectivity index (χ4n) is 3.34. The maximum Gasteiger partial charge on any atom is 0.252 e. The SMILES string of the molecule is COc1ncc(-c2cc(OC3CCC3)cc3c2CNC3=O)cc1NS(C)(=O)=O. The lowest BCUT2D eigenvalue weighted by Gasteiger charge is -2.27. The molecule has 0 unspecified atom stereocenters. The van der Waals surface area contributed by atoms with E-state index in [9.17, 15) is 13.2 Å². The van der Waals surface area contributed by atoms with Crippen LogP contribution in [0.3, 0.4) is 0 Å². The fourth-order valence-corrected chi connectivity index (χ4v) is 3.89. The average Bonchev–Trinajstić information content (AvgIpc) is 2.97. The molecule has 9 heteroatoms. The van der Waals surface area contributed by atoms with Crippen LogP contribution in [-0.4, -0.2) is 38.8 Å². The molecule has 2 heterocycles. The standard InChI is InChI=1S/C19H21N3O5S/c1-26-19-17(22-28(2,24)25)6-11(9-21-19)14-7-13(27-12-4-3-5-12)8-15-16(14)10-20-18(15)23/h6-9,12,22H,3-5,10H2,1-2H3,(H,20,23). The topological polar surface area (TPSA) is 107 Å². The quantitative estimate of drug-likeness (QED) is 0.767. The normalized spacial score (nSPS) is 16.1. The van der Waals surface area contributed by atoms with E-state index in [0.29, 0.717) is 23.4 Å². The zero-order valence-corrected chi connectivity index (χ0v) is 16.4. The first-order chi connectivity index (χ1) is 13.3. The van der Waals surface area contributed by atoms with E-state index >= 15 is 0 Å². The van der Waals surface area contributed by atoms with Gasteiger partial charge in [0.05, 0.1) is 19.5 Å². The number of carbonyl (C=O) groups is 1. The zero-order chi connectivity index (χ0) is 19.9. The molecule has 8 nitrogen and oxygen atoms in total. The monoisotopic (exact) mass is 403 g/mol. The summed E-state index contributed by atoms with van der Waals surface area (Å²) in [5.74, 6) is 0.650. The van der Waals surface area contributed by atoms with Gasteiger partial charge in [-0.1, -0.05) is 0 Å². The van der Waals surface area contributed by atoms with Gasteiger partial charge in [-0.3, -0.25) is 9.52 Å². The van der Waals surface area contributed by atoms with Crippen molar-refractivity contribution in [3.05, 3.63) is 35.5 Å². The molecule has 1 fully saturated rings. The van der Waals surface area contributed by atoms with Gasteiger partial charge in [0.1, 0.15) is 11.4 Å². The van der Waals surface area contributed by atoms with Crippen molar-refractivity contribution in [2.24, 2.45) is 0 Å². The van der Waals surface area contributed by atoms with Crippen LogP contribution >= 0.6 is 0 Å². The van der Waals surface area contributed by atoms with Crippen molar-refractivity contribution in [3.8, 4) is 22.8 Å². The highest BCUT2D eigenvalue weighted by Crippen LogP contribution is 2.37. The maximum absolute atomic E-state index is 12.2. The van der Waals surface area contributed by atoms with Gasteiger partial charge in [0.2, 0.25) is 15.9 Å². The number of pyridine rings is 1. The molecule has 2 N–H and O–H groups in total. The van der Waals surface area contributed by atoms with Crippen molar-refractivity contribution in [3.63, 3.8) is 0 Å². The van der Waals surface area contributed by atoms with Crippen LogP contribution in [0.1, 0.15) is 35.2 Å². The number of rotatable bonds is 6. The molecule has 0 radical (unpaired) electrons. The molecule has 148 valence electrons. The molecule has 4 rings (SSSR count). The second kappa shape index (κ2) is 6.97. The first-order valence-electron chi connectivity index (χ1n) is 8.98. The Morgan fingerprint density at radius 3 is 2.61 bits per heavy atom. The highest BCUT2D eigenvalue weighted by Gasteiger charge is 2.26. The van der Waals surface area contributed by atoms with Crippen molar-refractivity contribution >= 4 is 21.6 Å². The minimum atomic E-state index is -3.51. The summed E-state index contributed by atoms with van der Waals surface area (Å²) in [5.41, 5.74) is 3.08. The molecule has 1 aliphatic heterocycles. The molecule has 2 aromatic rings. The Bertz CT molecular complexity index is 1050. The van der Waals surface area contributed by atoms with Crippen LogP contribution in [0, 0.1) is 0 Å². The van der Waals surface area contributed by atoms with Crippen LogP contribution in [0.25, 0.3) is 11.1 Å². The van der Waals surface area contributed by atoms with Gasteiger partial charge in [0.25, 0.3) is 5.91 Å². The van der Waals surface area contributed by atoms with E-state index < -0.39 is 10.0 Å². The molecule has 1 aliphatic carbocycles. The summed E-state index contributed by atoms with van der Waals surface area (Å²) in [7, 11) is -2.09. The van der Waals surface area contributed by atoms with Crippen LogP contribution < -0.4 is 19.5 Å². The summed E-state index contributed by atoms with van der Waals surface area (Å²) in [6, 6.07) is 5.30. The largest absolute Gasteiger partial charge is 0.490 e. The average molecular weight is 403 g/mol. The molecule has 28 heavy (non-hydrogen) atoms. The fraction of sp³-hybridized carbons (Fsp3) is 0.368. The van der Waals surface area contributed by atoms with E-state index in [1.165, 1.54) is 7.11 Å². The number of anilines is 1. The van der Waals surface area contributed by atoms with E-state index in [0.717, 1.165) is 36.6 Å². The summed E-state index contributed by atoms with van der Waals surface area (Å²) in [4.78, 5) is 16.5. The Balaban J connectivity index is 1.80. The Labute approximate surface area is 163 Å². The van der Waals surface area contributed by atoms with Crippen molar-refractivity contribution in [1.82, 2.24) is 10.3 Å². The smallest absolute Gasteiger partial charge is 0.252 e. The summed E-state index contributed by atoms with van der Waals surface area (Å²) in [6.45, 7) is 0.397. The molecular formula is C19H21N3O5S. The number of hydrogen-bond acceptors (Lipinski definition) is 6. The van der Waals surface area contributed by atoms with E-state index in [4.69, 9.17) is 9.47 Å². The highest BCUT2D eigenvalue weighted by molar-refractivity contribution is 7.92. The summed E-state index contributed by atoms with van der Waals surface area (Å²) >= 11 is 0. The number of ether oxygens (including phenoxy) is 2. The van der Waals surface area contributed by atoms with Gasteiger partial charge in [-0.2, -0.15) is 0 Å². The molecular weight excluding hydrogens is 382 g/mol. The van der Waals surface area contributed by atoms with Crippen LogP contribution in [0.2, 0.25) is 0 Å². The minimum Gasteiger partial charge on any atom is -0.490 e. The first kappa shape index (κ1) is 18.5. The van der Waals surface area contributed by atoms with E-state index in [2.05, 4.69) is 15.0 Å². The van der Waals surface area contributed by atoms with Gasteiger partial charge in [-0.25, -0.2) is 13.4 Å². The highest BCUT2D eigenvalue weighted by atomic mass is 32.2. The van der Waals surface area contributed by atoms with Gasteiger partial charge in [0, 0.05) is 23.9 Å². The second-order valence-corrected chi connectivity index (χ2v) is 8.75. The molecule has 1 amide bonds. The number of nitrogens with one attached hydrogen (secondary N) is 2. The van der Waals surface area contributed by atoms with Crippen LogP contribution in [0.4, 0.5) is 5.69 Å². The Morgan fingerprint density at radius 2 is 1.96 bits per heavy atom. The molecule has 1 aromatic heterocycles. The lowest BCUT2D eigenvalue weighted by Crippen LogP contribution is -2.24. The van der Waals surface area contributed by atoms with Gasteiger partial charge in [0.15, 0.2) is 0 Å². The molecule has 0 atom stereocenters. The first-order valence-corrected chi connectivity index (χ1v) is 10.9. The third-order valence-electron chi connectivity index (χ3n) is 4.90. The van der Waals surface area contributed by atoms with Crippen molar-refractivity contribution < 1.29 is 22.7 Å². The Kier molecular flexibility index (Phi) is 4.62. The number of amides is 1. The molecule has 0 saturated heterocycles. The number of benzene rings is 1. The Hall–Kier alpha value is -2.81. The van der Waals surface area contributed by atoms with Gasteiger partial charge < -0.3 is 14.8 Å². The molecule has 0 bridgehead atoms. The third kappa shape index (κ3) is 3.62. The predicted molar refractivity (Wildman–Crippen MR) is 104 cm³/mol. The van der Waals surface area contributed by atoms with Crippen LogP contribution in [0.15, 0.2) is 24.4 Å². The summed E-state index contributed by atoms with van der Waals surface area (Å²) in [6.07, 6.45) is 5.98. The van der Waals surface area contributed by atoms with Gasteiger partial charge in [-0.15, -0.1) is 0 Å². The lowest BCUT2D eigenvalue weighted by molar-refractivity contribution is 0.0963. The van der Waals surface area contributed by atoms with Crippen LogP contribution in [-0.2, 0) is 16.6 Å². The number of carbonyl (C=O) groups excluding carboxylic acids is 1. The number of nitrogens with zero attached hydrogens (tertiary/aromatic N) is 1. The molecule has 0 spiro atoms. The molecule has 1 saturated carbocycles. The Morgan fingerprint density at radius 1 is 1.21 bits per heavy atom. The van der Waals surface area contributed by atoms with Crippen LogP contribution in [0.5, 0.6) is 11.6 Å².